The normalized spacial score (nSPS) is 41.3. The van der Waals surface area contributed by atoms with Crippen molar-refractivity contribution in [3.05, 3.63) is 23.8 Å². The van der Waals surface area contributed by atoms with Gasteiger partial charge in [0.2, 0.25) is 0 Å². The first-order valence-corrected chi connectivity index (χ1v) is 14.0. The number of aliphatic hydroxyl groups is 1. The Labute approximate surface area is 217 Å². The second-order valence-corrected chi connectivity index (χ2v) is 13.1. The number of aromatic nitrogens is 3. The first-order chi connectivity index (χ1) is 17.6. The van der Waals surface area contributed by atoms with Crippen LogP contribution in [-0.2, 0) is 16.1 Å². The Morgan fingerprint density at radius 3 is 2.68 bits per heavy atom. The molecule has 6 nitrogen and oxygen atoms in total. The number of hydrogen-bond acceptors (Lipinski definition) is 5. The lowest BCUT2D eigenvalue weighted by molar-refractivity contribution is -0.175. The van der Waals surface area contributed by atoms with Crippen molar-refractivity contribution in [2.45, 2.75) is 83.8 Å². The molecule has 1 aromatic heterocycles. The average molecular weight is 516 g/mol. The Kier molecular flexibility index (Phi) is 6.03. The van der Waals surface area contributed by atoms with E-state index in [9.17, 15) is 18.7 Å². The molecular weight excluding hydrogens is 476 g/mol. The molecule has 4 aliphatic rings. The van der Waals surface area contributed by atoms with Gasteiger partial charge in [0.25, 0.3) is 0 Å². The van der Waals surface area contributed by atoms with Crippen molar-refractivity contribution in [1.82, 2.24) is 15.0 Å². The molecule has 1 heterocycles. The van der Waals surface area contributed by atoms with E-state index in [1.165, 1.54) is 10.9 Å². The molecule has 0 amide bonds. The fraction of sp³-hybridized carbons (Fsp3) is 0.759. The number of carbonyl (C=O) groups is 1. The number of fused-ring (bicyclic) bond motifs is 6. The van der Waals surface area contributed by atoms with Gasteiger partial charge in [0.1, 0.15) is 12.1 Å². The summed E-state index contributed by atoms with van der Waals surface area (Å²) in [4.78, 5) is 14.9. The summed E-state index contributed by atoms with van der Waals surface area (Å²) in [5.41, 5.74) is -0.390. The lowest BCUT2D eigenvalue weighted by atomic mass is 9.43. The first kappa shape index (κ1) is 25.4. The fourth-order valence-electron chi connectivity index (χ4n) is 9.60. The van der Waals surface area contributed by atoms with Gasteiger partial charge in [-0.3, -0.25) is 4.79 Å². The Bertz CT molecular complexity index is 1210. The number of benzene rings is 1. The van der Waals surface area contributed by atoms with Crippen molar-refractivity contribution < 1.29 is 23.4 Å². The van der Waals surface area contributed by atoms with E-state index in [0.29, 0.717) is 23.7 Å². The molecule has 1 N–H and O–H groups in total. The molecule has 2 aromatic rings. The number of hydrogen-bond donors (Lipinski definition) is 1. The molecule has 0 bridgehead atoms. The first-order valence-electron chi connectivity index (χ1n) is 14.0. The number of nitrogens with zero attached hydrogens (tertiary/aromatic N) is 3. The third-order valence-corrected chi connectivity index (χ3v) is 11.2. The minimum absolute atomic E-state index is 0.0123. The highest BCUT2D eigenvalue weighted by Crippen LogP contribution is 2.68. The van der Waals surface area contributed by atoms with Crippen molar-refractivity contribution in [3.63, 3.8) is 0 Å². The van der Waals surface area contributed by atoms with E-state index in [2.05, 4.69) is 17.1 Å². The minimum atomic E-state index is -1.02. The van der Waals surface area contributed by atoms with Crippen LogP contribution in [0.5, 0.6) is 0 Å². The van der Waals surface area contributed by atoms with Gasteiger partial charge in [-0.2, -0.15) is 9.90 Å². The highest BCUT2D eigenvalue weighted by atomic mass is 19.2. The smallest absolute Gasteiger partial charge is 0.188 e. The molecule has 0 saturated heterocycles. The summed E-state index contributed by atoms with van der Waals surface area (Å²) in [5.74, 6) is 0.178. The van der Waals surface area contributed by atoms with Crippen LogP contribution < -0.4 is 0 Å². The van der Waals surface area contributed by atoms with Crippen molar-refractivity contribution in [1.29, 1.82) is 0 Å². The molecule has 37 heavy (non-hydrogen) atoms. The number of ether oxygens (including phenoxy) is 1. The zero-order valence-electron chi connectivity index (χ0n) is 22.2. The average Bonchev–Trinajstić information content (AvgIpc) is 3.42. The standard InChI is InChI=1S/C29H39F2N3O3/c1-27(36)12-13-29(16-37-3)17(14-27)4-5-18-19-6-7-21(28(19,2)11-10-20(18)29)24(35)15-34-32-23-9-8-22(30)25(31)26(23)33-34/h8-9,17-21,36H,4-7,10-16H2,1-3H3/t17-,18+,19+,20+,21-,27-,28+,29-/m1/s1. The minimum Gasteiger partial charge on any atom is -0.390 e. The summed E-state index contributed by atoms with van der Waals surface area (Å²) in [6.45, 7) is 5.05. The summed E-state index contributed by atoms with van der Waals surface area (Å²) >= 11 is 0. The van der Waals surface area contributed by atoms with Gasteiger partial charge in [0.15, 0.2) is 22.9 Å². The SMILES string of the molecule is COC[C@]12CC[C@@](C)(O)C[C@H]1CC[C@H]1[C@@H]3CC[C@H](C(=O)Cn4nc5ccc(F)c(F)c5n4)[C@@]3(C)CC[C@@H]12. The summed E-state index contributed by atoms with van der Waals surface area (Å²) in [7, 11) is 1.81. The summed E-state index contributed by atoms with van der Waals surface area (Å²) in [6.07, 6.45) is 9.01. The predicted molar refractivity (Wildman–Crippen MR) is 134 cm³/mol. The Hall–Kier alpha value is -1.93. The highest BCUT2D eigenvalue weighted by molar-refractivity contribution is 5.82. The molecule has 0 radical (unpaired) electrons. The van der Waals surface area contributed by atoms with Gasteiger partial charge in [-0.1, -0.05) is 6.92 Å². The molecule has 6 rings (SSSR count). The lowest BCUT2D eigenvalue weighted by Gasteiger charge is -2.62. The molecule has 1 aromatic carbocycles. The monoisotopic (exact) mass is 515 g/mol. The van der Waals surface area contributed by atoms with Crippen LogP contribution in [-0.4, -0.2) is 45.2 Å². The molecule has 202 valence electrons. The van der Waals surface area contributed by atoms with Crippen molar-refractivity contribution in [2.24, 2.45) is 40.4 Å². The van der Waals surface area contributed by atoms with Gasteiger partial charge in [0, 0.05) is 13.0 Å². The van der Waals surface area contributed by atoms with Crippen LogP contribution in [0.2, 0.25) is 0 Å². The molecule has 8 atom stereocenters. The molecule has 0 aliphatic heterocycles. The third-order valence-electron chi connectivity index (χ3n) is 11.2. The molecule has 4 aliphatic carbocycles. The van der Waals surface area contributed by atoms with Crippen LogP contribution in [0.25, 0.3) is 11.0 Å². The maximum absolute atomic E-state index is 14.1. The van der Waals surface area contributed by atoms with Crippen LogP contribution in [0.4, 0.5) is 8.78 Å². The number of carbonyl (C=O) groups excluding carboxylic acids is 1. The maximum atomic E-state index is 14.1. The van der Waals surface area contributed by atoms with Crippen molar-refractivity contribution in [2.75, 3.05) is 13.7 Å². The molecular formula is C29H39F2N3O3. The van der Waals surface area contributed by atoms with E-state index in [-0.39, 0.29) is 40.1 Å². The Balaban J connectivity index is 1.22. The van der Waals surface area contributed by atoms with Gasteiger partial charge in [-0.15, -0.1) is 5.10 Å². The maximum Gasteiger partial charge on any atom is 0.188 e. The van der Waals surface area contributed by atoms with E-state index in [1.54, 1.807) is 0 Å². The molecule has 4 fully saturated rings. The van der Waals surface area contributed by atoms with Crippen LogP contribution in [0.15, 0.2) is 12.1 Å². The summed E-state index contributed by atoms with van der Waals surface area (Å²) in [6, 6.07) is 2.44. The van der Waals surface area contributed by atoms with Crippen LogP contribution in [0.1, 0.15) is 71.6 Å². The molecule has 8 heteroatoms. The van der Waals surface area contributed by atoms with E-state index >= 15 is 0 Å². The van der Waals surface area contributed by atoms with E-state index in [4.69, 9.17) is 4.74 Å². The number of halogens is 2. The quantitative estimate of drug-likeness (QED) is 0.584. The van der Waals surface area contributed by atoms with E-state index < -0.39 is 17.2 Å². The van der Waals surface area contributed by atoms with Gasteiger partial charge in [-0.25, -0.2) is 8.78 Å². The zero-order chi connectivity index (χ0) is 26.2. The third kappa shape index (κ3) is 3.88. The van der Waals surface area contributed by atoms with Gasteiger partial charge in [-0.05, 0) is 111 Å². The second kappa shape index (κ2) is 8.80. The fourth-order valence-corrected chi connectivity index (χ4v) is 9.60. The number of ketones is 1. The number of rotatable bonds is 5. The number of Topliss-reactive ketones (excluding diaryl/α,β-unsaturated/α-hetero) is 1. The van der Waals surface area contributed by atoms with Gasteiger partial charge >= 0.3 is 0 Å². The highest BCUT2D eigenvalue weighted by Gasteiger charge is 2.63. The predicted octanol–water partition coefficient (Wildman–Crippen LogP) is 5.32. The number of methoxy groups -OCH3 is 1. The van der Waals surface area contributed by atoms with E-state index in [1.807, 2.05) is 14.0 Å². The lowest BCUT2D eigenvalue weighted by Crippen LogP contribution is -2.58. The van der Waals surface area contributed by atoms with Gasteiger partial charge < -0.3 is 9.84 Å². The largest absolute Gasteiger partial charge is 0.390 e. The summed E-state index contributed by atoms with van der Waals surface area (Å²) in [5, 5.41) is 19.2. The Morgan fingerprint density at radius 2 is 1.89 bits per heavy atom. The molecule has 0 unspecified atom stereocenters. The Morgan fingerprint density at radius 1 is 1.08 bits per heavy atom. The van der Waals surface area contributed by atoms with Crippen molar-refractivity contribution in [3.8, 4) is 0 Å². The summed E-state index contributed by atoms with van der Waals surface area (Å²) < 4.78 is 33.6. The van der Waals surface area contributed by atoms with Crippen LogP contribution in [0.3, 0.4) is 0 Å². The van der Waals surface area contributed by atoms with Crippen molar-refractivity contribution >= 4 is 16.8 Å². The second-order valence-electron chi connectivity index (χ2n) is 13.1. The van der Waals surface area contributed by atoms with Gasteiger partial charge in [0.05, 0.1) is 12.2 Å². The van der Waals surface area contributed by atoms with Crippen LogP contribution in [0, 0.1) is 52.1 Å². The zero-order valence-corrected chi connectivity index (χ0v) is 22.2. The molecule has 4 saturated carbocycles. The van der Waals surface area contributed by atoms with Crippen LogP contribution >= 0.6 is 0 Å². The topological polar surface area (TPSA) is 77.2 Å². The molecule has 0 spiro atoms. The van der Waals surface area contributed by atoms with E-state index in [0.717, 1.165) is 70.5 Å².